The number of esters is 2. The lowest BCUT2D eigenvalue weighted by Crippen LogP contribution is -2.55. The van der Waals surface area contributed by atoms with Crippen LogP contribution in [0, 0.1) is 23.7 Å². The fourth-order valence-corrected chi connectivity index (χ4v) is 7.40. The molecule has 4 bridgehead atoms. The van der Waals surface area contributed by atoms with Crippen molar-refractivity contribution >= 4 is 37.9 Å². The summed E-state index contributed by atoms with van der Waals surface area (Å²) < 4.78 is 15.7. The van der Waals surface area contributed by atoms with Crippen LogP contribution in [0.1, 0.15) is 27.1 Å². The van der Waals surface area contributed by atoms with E-state index in [9.17, 15) is 29.3 Å². The van der Waals surface area contributed by atoms with Crippen molar-refractivity contribution in [1.29, 1.82) is 0 Å². The number of ether oxygens (including phenoxy) is 3. The maximum atomic E-state index is 12.7. The minimum Gasteiger partial charge on any atom is -0.481 e. The predicted molar refractivity (Wildman–Crippen MR) is 151 cm³/mol. The number of hydrogen-bond donors (Lipinski definition) is 4. The highest BCUT2D eigenvalue weighted by atomic mass is 16.6. The average molecular weight is 595 g/mol. The molecule has 7 aliphatic rings. The van der Waals surface area contributed by atoms with Crippen molar-refractivity contribution in [3.8, 4) is 0 Å². The van der Waals surface area contributed by atoms with E-state index >= 15 is 0 Å². The van der Waals surface area contributed by atoms with Gasteiger partial charge in [-0.05, 0) is 39.3 Å². The van der Waals surface area contributed by atoms with Gasteiger partial charge in [-0.25, -0.2) is 0 Å². The lowest BCUT2D eigenvalue weighted by Gasteiger charge is -2.38. The Morgan fingerprint density at radius 1 is 0.762 bits per heavy atom. The molecule has 14 nitrogen and oxygen atoms in total. The van der Waals surface area contributed by atoms with Gasteiger partial charge in [0.2, 0.25) is 5.91 Å². The number of cyclic esters (lactones) is 2. The van der Waals surface area contributed by atoms with E-state index in [0.717, 1.165) is 51.9 Å². The first kappa shape index (κ1) is 31.4. The van der Waals surface area contributed by atoms with E-state index in [1.807, 2.05) is 11.6 Å². The van der Waals surface area contributed by atoms with Crippen LogP contribution in [0.5, 0.6) is 0 Å². The summed E-state index contributed by atoms with van der Waals surface area (Å²) in [5.41, 5.74) is 0. The van der Waals surface area contributed by atoms with Crippen LogP contribution in [-0.4, -0.2) is 144 Å². The van der Waals surface area contributed by atoms with E-state index in [4.69, 9.17) is 14.5 Å². The number of carboxylic acids is 1. The van der Waals surface area contributed by atoms with Crippen molar-refractivity contribution in [3.05, 3.63) is 0 Å². The number of rotatable bonds is 4. The largest absolute Gasteiger partial charge is 0.481 e. The first-order valence-electron chi connectivity index (χ1n) is 15.2. The van der Waals surface area contributed by atoms with Gasteiger partial charge in [-0.3, -0.25) is 19.2 Å². The van der Waals surface area contributed by atoms with Gasteiger partial charge in [0, 0.05) is 53.8 Å². The summed E-state index contributed by atoms with van der Waals surface area (Å²) in [6.07, 6.45) is 2.68. The van der Waals surface area contributed by atoms with Gasteiger partial charge in [-0.2, -0.15) is 0 Å². The molecular weight excluding hydrogens is 550 g/mol. The van der Waals surface area contributed by atoms with Gasteiger partial charge in [0.25, 0.3) is 0 Å². The van der Waals surface area contributed by atoms with Gasteiger partial charge in [0.1, 0.15) is 0 Å². The zero-order valence-electron chi connectivity index (χ0n) is 24.3. The minimum absolute atomic E-state index is 0. The van der Waals surface area contributed by atoms with Crippen LogP contribution in [0.15, 0.2) is 0 Å². The summed E-state index contributed by atoms with van der Waals surface area (Å²) in [5.74, 6) is -3.59. The van der Waals surface area contributed by atoms with Crippen LogP contribution in [0.2, 0.25) is 13.6 Å². The normalized spacial score (nSPS) is 36.9. The third-order valence-corrected chi connectivity index (χ3v) is 9.70. The second-order valence-electron chi connectivity index (χ2n) is 12.2. The van der Waals surface area contributed by atoms with E-state index in [0.29, 0.717) is 26.2 Å². The fraction of sp³-hybridized carbons (Fsp3) is 0.846. The Hall–Kier alpha value is -2.07. The molecule has 0 aromatic rings. The number of nitrogens with one attached hydrogen (secondary N) is 1. The van der Waals surface area contributed by atoms with Gasteiger partial charge < -0.3 is 49.2 Å². The standard InChI is InChI=1S/C13H21BN2O5.C8H8O4.C5H13BN2O.H2/c1-14(20)16-6-4-15(5-7-16)12(17)10-8-2-3-9(21-8)11(10)13(18)19;9-7-5-3-1-2-4(11-3)6(5)8(10)12-7;1-6(9)8-4-2-7-3-5-8;/h8-11,20H,2-7H2,1H3,(H,18,19);3-6H,1-2H2;7,9H,2-5H2,1H3;1H/i;;;1+1. The summed E-state index contributed by atoms with van der Waals surface area (Å²) in [6, 6.07) is 0. The lowest BCUT2D eigenvalue weighted by atomic mass is 9.78. The molecule has 7 saturated heterocycles. The number of fused-ring (bicyclic) bond motifs is 7. The van der Waals surface area contributed by atoms with E-state index in [1.165, 1.54) is 0 Å². The molecule has 1 amide bonds. The molecule has 7 aliphatic heterocycles. The van der Waals surface area contributed by atoms with E-state index in [1.54, 1.807) is 11.7 Å². The van der Waals surface area contributed by atoms with Gasteiger partial charge in [-0.1, -0.05) is 0 Å². The van der Waals surface area contributed by atoms with Gasteiger partial charge in [-0.15, -0.1) is 0 Å². The van der Waals surface area contributed by atoms with Crippen molar-refractivity contribution in [2.45, 2.75) is 63.7 Å². The van der Waals surface area contributed by atoms with Crippen molar-refractivity contribution in [3.63, 3.8) is 0 Å². The average Bonchev–Trinajstić information content (AvgIpc) is 3.81. The zero-order chi connectivity index (χ0) is 30.1. The molecule has 0 aromatic carbocycles. The van der Waals surface area contributed by atoms with E-state index in [-0.39, 0.29) is 62.6 Å². The van der Waals surface area contributed by atoms with Crippen molar-refractivity contribution in [2.24, 2.45) is 23.7 Å². The number of nitrogens with zero attached hydrogens (tertiary/aromatic N) is 3. The maximum Gasteiger partial charge on any atom is 0.376 e. The third-order valence-electron chi connectivity index (χ3n) is 9.70. The highest BCUT2D eigenvalue weighted by Gasteiger charge is 2.61. The Morgan fingerprint density at radius 3 is 1.69 bits per heavy atom. The summed E-state index contributed by atoms with van der Waals surface area (Å²) in [6.45, 7) is 9.76. The topological polar surface area (TPSA) is 178 Å². The third kappa shape index (κ3) is 6.40. The molecule has 8 atom stereocenters. The zero-order valence-corrected chi connectivity index (χ0v) is 24.3. The number of carbonyl (C=O) groups excluding carboxylic acids is 3. The molecule has 0 aromatic heterocycles. The highest BCUT2D eigenvalue weighted by molar-refractivity contribution is 6.45. The molecule has 42 heavy (non-hydrogen) atoms. The van der Waals surface area contributed by atoms with Crippen molar-refractivity contribution < 1.29 is 50.0 Å². The van der Waals surface area contributed by atoms with Gasteiger partial charge in [0.15, 0.2) is 0 Å². The van der Waals surface area contributed by atoms with Crippen LogP contribution in [-0.2, 0) is 33.4 Å². The number of amides is 1. The number of hydrogen-bond acceptors (Lipinski definition) is 12. The maximum absolute atomic E-state index is 12.7. The van der Waals surface area contributed by atoms with Crippen LogP contribution in [0.4, 0.5) is 0 Å². The number of carbonyl (C=O) groups is 4. The second-order valence-corrected chi connectivity index (χ2v) is 12.2. The monoisotopic (exact) mass is 595 g/mol. The first-order valence-corrected chi connectivity index (χ1v) is 15.2. The SMILES string of the molecule is CB(O)N1CCN(C(=O)C2C3CCC(O3)C2C(=O)O)CC1.CB(O)N1CCNCC1.O=C1OC(=O)C2C3CCC(O3)C12.[2HH]. The van der Waals surface area contributed by atoms with E-state index in [2.05, 4.69) is 14.9 Å². The molecule has 0 spiro atoms. The summed E-state index contributed by atoms with van der Waals surface area (Å²) in [4.78, 5) is 52.1. The summed E-state index contributed by atoms with van der Waals surface area (Å²) >= 11 is 0. The first-order chi connectivity index (χ1) is 20.1. The molecule has 0 radical (unpaired) electrons. The Bertz CT molecular complexity index is 1000. The van der Waals surface area contributed by atoms with Crippen molar-refractivity contribution in [1.82, 2.24) is 19.8 Å². The lowest BCUT2D eigenvalue weighted by molar-refractivity contribution is -0.156. The molecule has 16 heteroatoms. The van der Waals surface area contributed by atoms with Crippen LogP contribution in [0.25, 0.3) is 0 Å². The summed E-state index contributed by atoms with van der Waals surface area (Å²) in [5, 5.41) is 31.2. The predicted octanol–water partition coefficient (Wildman–Crippen LogP) is -1.77. The van der Waals surface area contributed by atoms with Crippen molar-refractivity contribution in [2.75, 3.05) is 52.4 Å². The Labute approximate surface area is 247 Å². The van der Waals surface area contributed by atoms with Crippen LogP contribution >= 0.6 is 0 Å². The number of aliphatic carboxylic acids is 1. The molecule has 0 saturated carbocycles. The van der Waals surface area contributed by atoms with Crippen LogP contribution < -0.4 is 5.32 Å². The molecule has 7 heterocycles. The molecule has 8 unspecified atom stereocenters. The fourth-order valence-electron chi connectivity index (χ4n) is 7.40. The quantitative estimate of drug-likeness (QED) is 0.163. The summed E-state index contributed by atoms with van der Waals surface area (Å²) in [7, 11) is -0.785. The van der Waals surface area contributed by atoms with Gasteiger partial charge >= 0.3 is 32.0 Å². The highest BCUT2D eigenvalue weighted by Crippen LogP contribution is 2.47. The molecular formula is C26H44B2N4O10. The second kappa shape index (κ2) is 13.3. The van der Waals surface area contributed by atoms with Gasteiger partial charge in [0.05, 0.1) is 48.1 Å². The number of piperazine rings is 2. The minimum atomic E-state index is -0.928. The molecule has 234 valence electrons. The smallest absolute Gasteiger partial charge is 0.376 e. The number of carboxylic acid groups (broad SMARTS) is 1. The molecule has 4 N–H and O–H groups in total. The Morgan fingerprint density at radius 2 is 1.21 bits per heavy atom. The molecule has 7 fully saturated rings. The Balaban J connectivity index is 0.000000162. The molecule has 7 rings (SSSR count). The van der Waals surface area contributed by atoms with E-state index < -0.39 is 24.9 Å². The van der Waals surface area contributed by atoms with Crippen LogP contribution in [0.3, 0.4) is 0 Å². The molecule has 0 aliphatic carbocycles. The Kier molecular flexibility index (Phi) is 9.92.